The number of aliphatic hydroxyl groups is 1. The van der Waals surface area contributed by atoms with Crippen LogP contribution in [0.25, 0.3) is 0 Å². The van der Waals surface area contributed by atoms with Gasteiger partial charge in [-0.15, -0.1) is 5.11 Å². The second-order valence-corrected chi connectivity index (χ2v) is 5.70. The van der Waals surface area contributed by atoms with E-state index in [2.05, 4.69) is 15.1 Å². The number of aliphatic hydroxyl groups excluding tert-OH is 1. The van der Waals surface area contributed by atoms with E-state index in [4.69, 9.17) is 15.1 Å². The van der Waals surface area contributed by atoms with Gasteiger partial charge in [0.1, 0.15) is 11.8 Å². The number of benzene rings is 2. The lowest BCUT2D eigenvalue weighted by atomic mass is 10.2. The van der Waals surface area contributed by atoms with Gasteiger partial charge in [0.2, 0.25) is 0 Å². The molecule has 0 aromatic heterocycles. The highest BCUT2D eigenvalue weighted by Crippen LogP contribution is 2.27. The quantitative estimate of drug-likeness (QED) is 0.288. The summed E-state index contributed by atoms with van der Waals surface area (Å²) in [6, 6.07) is 13.2. The molecule has 1 N–H and O–H groups in total. The predicted molar refractivity (Wildman–Crippen MR) is 104 cm³/mol. The van der Waals surface area contributed by atoms with Crippen molar-refractivity contribution >= 4 is 22.7 Å². The van der Waals surface area contributed by atoms with E-state index in [0.717, 1.165) is 12.2 Å². The lowest BCUT2D eigenvalue weighted by Gasteiger charge is -2.23. The average Bonchev–Trinajstić information content (AvgIpc) is 2.72. The summed E-state index contributed by atoms with van der Waals surface area (Å²) < 4.78 is 5.30. The molecule has 0 amide bonds. The molecule has 28 heavy (non-hydrogen) atoms. The van der Waals surface area contributed by atoms with Crippen molar-refractivity contribution in [3.8, 4) is 6.07 Å². The molecule has 2 aromatic carbocycles. The fourth-order valence-corrected chi connectivity index (χ4v) is 2.47. The average molecular weight is 383 g/mol. The van der Waals surface area contributed by atoms with Crippen LogP contribution in [0.4, 0.5) is 22.7 Å². The highest BCUT2D eigenvalue weighted by Gasteiger charge is 2.10. The van der Waals surface area contributed by atoms with Crippen molar-refractivity contribution in [3.05, 3.63) is 58.1 Å². The van der Waals surface area contributed by atoms with Crippen LogP contribution in [0, 0.1) is 21.4 Å². The lowest BCUT2D eigenvalue weighted by molar-refractivity contribution is -0.384. The Kier molecular flexibility index (Phi) is 8.02. The number of azo groups is 1. The zero-order valence-corrected chi connectivity index (χ0v) is 15.5. The van der Waals surface area contributed by atoms with E-state index in [9.17, 15) is 10.1 Å². The Morgan fingerprint density at radius 2 is 1.96 bits per heavy atom. The minimum absolute atomic E-state index is 0.00804. The molecular weight excluding hydrogens is 362 g/mol. The van der Waals surface area contributed by atoms with Crippen LogP contribution in [0.5, 0.6) is 0 Å². The standard InChI is InChI=1S/C19H21N5O4/c1-2-23(9-11-28-12-10-25)17-5-3-16(4-6-17)21-22-19-8-7-18(24(26)27)13-15(19)14-20/h3-8,13,25H,2,9-12H2,1H3. The molecule has 0 heterocycles. The number of nitriles is 1. The third kappa shape index (κ3) is 5.84. The van der Waals surface area contributed by atoms with E-state index in [1.165, 1.54) is 18.2 Å². The fourth-order valence-electron chi connectivity index (χ4n) is 2.47. The molecule has 9 heteroatoms. The molecule has 0 spiro atoms. The number of nitro benzene ring substituents is 1. The summed E-state index contributed by atoms with van der Waals surface area (Å²) in [5, 5.41) is 36.8. The summed E-state index contributed by atoms with van der Waals surface area (Å²) in [7, 11) is 0. The van der Waals surface area contributed by atoms with Gasteiger partial charge in [0, 0.05) is 30.9 Å². The van der Waals surface area contributed by atoms with Gasteiger partial charge in [0.15, 0.2) is 0 Å². The second-order valence-electron chi connectivity index (χ2n) is 5.70. The molecule has 0 fully saturated rings. The first-order chi connectivity index (χ1) is 13.6. The molecule has 0 unspecified atom stereocenters. The maximum Gasteiger partial charge on any atom is 0.270 e. The third-order valence-corrected chi connectivity index (χ3v) is 3.92. The first kappa shape index (κ1) is 21.0. The first-order valence-electron chi connectivity index (χ1n) is 8.73. The maximum absolute atomic E-state index is 10.8. The van der Waals surface area contributed by atoms with Crippen molar-refractivity contribution in [3.63, 3.8) is 0 Å². The Bertz CT molecular complexity index is 862. The molecule has 0 aliphatic carbocycles. The monoisotopic (exact) mass is 383 g/mol. The molecule has 2 rings (SSSR count). The van der Waals surface area contributed by atoms with Crippen LogP contribution < -0.4 is 4.90 Å². The summed E-state index contributed by atoms with van der Waals surface area (Å²) >= 11 is 0. The SMILES string of the molecule is CCN(CCOCCO)c1ccc(N=Nc2ccc([N+](=O)[O-])cc2C#N)cc1. The van der Waals surface area contributed by atoms with Crippen molar-refractivity contribution < 1.29 is 14.8 Å². The number of ether oxygens (including phenoxy) is 1. The van der Waals surface area contributed by atoms with Gasteiger partial charge in [-0.3, -0.25) is 10.1 Å². The van der Waals surface area contributed by atoms with Crippen LogP contribution in [0.3, 0.4) is 0 Å². The van der Waals surface area contributed by atoms with Gasteiger partial charge < -0.3 is 14.7 Å². The van der Waals surface area contributed by atoms with Crippen LogP contribution in [0.1, 0.15) is 12.5 Å². The zero-order valence-electron chi connectivity index (χ0n) is 15.5. The van der Waals surface area contributed by atoms with Gasteiger partial charge >= 0.3 is 0 Å². The van der Waals surface area contributed by atoms with Gasteiger partial charge in [0.05, 0.1) is 36.0 Å². The van der Waals surface area contributed by atoms with E-state index in [-0.39, 0.29) is 23.5 Å². The molecule has 0 atom stereocenters. The first-order valence-corrected chi connectivity index (χ1v) is 8.73. The number of rotatable bonds is 10. The highest BCUT2D eigenvalue weighted by molar-refractivity contribution is 5.58. The summed E-state index contributed by atoms with van der Waals surface area (Å²) in [5.74, 6) is 0. The fraction of sp³-hybridized carbons (Fsp3) is 0.316. The van der Waals surface area contributed by atoms with Crippen LogP contribution >= 0.6 is 0 Å². The molecule has 2 aromatic rings. The molecular formula is C19H21N5O4. The van der Waals surface area contributed by atoms with Gasteiger partial charge in [-0.2, -0.15) is 10.4 Å². The predicted octanol–water partition coefficient (Wildman–Crippen LogP) is 3.72. The van der Waals surface area contributed by atoms with E-state index >= 15 is 0 Å². The number of likely N-dealkylation sites (N-methyl/N-ethyl adjacent to an activating group) is 1. The number of hydrogen-bond donors (Lipinski definition) is 1. The summed E-state index contributed by atoms with van der Waals surface area (Å²) in [5.41, 5.74) is 1.80. The zero-order chi connectivity index (χ0) is 20.4. The highest BCUT2D eigenvalue weighted by atomic mass is 16.6. The van der Waals surface area contributed by atoms with Crippen molar-refractivity contribution in [2.45, 2.75) is 6.92 Å². The van der Waals surface area contributed by atoms with Crippen LogP contribution in [0.2, 0.25) is 0 Å². The summed E-state index contributed by atoms with van der Waals surface area (Å²) in [6.07, 6.45) is 0. The van der Waals surface area contributed by atoms with Gasteiger partial charge in [-0.05, 0) is 37.3 Å². The second kappa shape index (κ2) is 10.7. The van der Waals surface area contributed by atoms with Crippen molar-refractivity contribution in [2.24, 2.45) is 10.2 Å². The number of hydrogen-bond acceptors (Lipinski definition) is 8. The van der Waals surface area contributed by atoms with Crippen LogP contribution in [-0.2, 0) is 4.74 Å². The normalized spacial score (nSPS) is 10.8. The Hall–Kier alpha value is -3.35. The van der Waals surface area contributed by atoms with E-state index in [0.29, 0.717) is 25.4 Å². The number of nitrogens with zero attached hydrogens (tertiary/aromatic N) is 5. The minimum atomic E-state index is -0.561. The lowest BCUT2D eigenvalue weighted by Crippen LogP contribution is -2.27. The molecule has 0 saturated heterocycles. The topological polar surface area (TPSA) is 124 Å². The molecule has 9 nitrogen and oxygen atoms in total. The molecule has 146 valence electrons. The Morgan fingerprint density at radius 3 is 2.57 bits per heavy atom. The largest absolute Gasteiger partial charge is 0.394 e. The van der Waals surface area contributed by atoms with Gasteiger partial charge in [0.25, 0.3) is 5.69 Å². The van der Waals surface area contributed by atoms with Crippen LogP contribution in [-0.4, -0.2) is 42.9 Å². The summed E-state index contributed by atoms with van der Waals surface area (Å²) in [6.45, 7) is 4.40. The molecule has 0 saturated carbocycles. The van der Waals surface area contributed by atoms with Crippen molar-refractivity contribution in [2.75, 3.05) is 37.8 Å². The summed E-state index contributed by atoms with van der Waals surface area (Å²) in [4.78, 5) is 12.4. The third-order valence-electron chi connectivity index (χ3n) is 3.92. The minimum Gasteiger partial charge on any atom is -0.394 e. The van der Waals surface area contributed by atoms with Crippen molar-refractivity contribution in [1.29, 1.82) is 5.26 Å². The van der Waals surface area contributed by atoms with Crippen LogP contribution in [0.15, 0.2) is 52.7 Å². The number of non-ortho nitro benzene ring substituents is 1. The Labute approximate surface area is 162 Å². The van der Waals surface area contributed by atoms with Gasteiger partial charge in [-0.25, -0.2) is 0 Å². The molecule has 0 aliphatic heterocycles. The number of anilines is 1. The van der Waals surface area contributed by atoms with Gasteiger partial charge in [-0.1, -0.05) is 0 Å². The molecule has 0 bridgehead atoms. The number of nitro groups is 1. The smallest absolute Gasteiger partial charge is 0.270 e. The van der Waals surface area contributed by atoms with E-state index in [1.54, 1.807) is 12.1 Å². The maximum atomic E-state index is 10.8. The van der Waals surface area contributed by atoms with E-state index in [1.807, 2.05) is 25.1 Å². The van der Waals surface area contributed by atoms with E-state index < -0.39 is 4.92 Å². The molecule has 0 aliphatic rings. The Balaban J connectivity index is 2.07. The molecule has 0 radical (unpaired) electrons. The van der Waals surface area contributed by atoms with Crippen molar-refractivity contribution in [1.82, 2.24) is 0 Å². The Morgan fingerprint density at radius 1 is 1.21 bits per heavy atom.